The summed E-state index contributed by atoms with van der Waals surface area (Å²) in [5, 5.41) is 0. The SMILES string of the molecule is CCc1c(C(F)(F)F)cc(OC(F)F)cc1C(F)(F)F. The molecule has 114 valence electrons. The Morgan fingerprint density at radius 3 is 1.60 bits per heavy atom. The summed E-state index contributed by atoms with van der Waals surface area (Å²) in [5.41, 5.74) is -4.28. The molecule has 20 heavy (non-hydrogen) atoms. The van der Waals surface area contributed by atoms with Crippen molar-refractivity contribution in [1.82, 2.24) is 0 Å². The predicted octanol–water partition coefficient (Wildman–Crippen LogP) is 4.89. The first kappa shape index (κ1) is 16.5. The smallest absolute Gasteiger partial charge is 0.416 e. The predicted molar refractivity (Wildman–Crippen MR) is 52.5 cm³/mol. The van der Waals surface area contributed by atoms with Crippen LogP contribution in [0.15, 0.2) is 12.1 Å². The zero-order valence-electron chi connectivity index (χ0n) is 9.87. The lowest BCUT2D eigenvalue weighted by Gasteiger charge is -2.19. The molecule has 1 aromatic carbocycles. The van der Waals surface area contributed by atoms with E-state index in [0.29, 0.717) is 0 Å². The summed E-state index contributed by atoms with van der Waals surface area (Å²) in [6, 6.07) is 0.278. The van der Waals surface area contributed by atoms with Crippen molar-refractivity contribution in [2.45, 2.75) is 32.3 Å². The van der Waals surface area contributed by atoms with Gasteiger partial charge >= 0.3 is 19.0 Å². The average molecular weight is 308 g/mol. The molecule has 0 aliphatic carbocycles. The third-order valence-electron chi connectivity index (χ3n) is 2.41. The molecule has 0 radical (unpaired) electrons. The van der Waals surface area contributed by atoms with Crippen LogP contribution < -0.4 is 4.74 Å². The van der Waals surface area contributed by atoms with E-state index in [-0.39, 0.29) is 12.1 Å². The van der Waals surface area contributed by atoms with Gasteiger partial charge in [0, 0.05) is 0 Å². The molecule has 0 saturated heterocycles. The van der Waals surface area contributed by atoms with E-state index in [1.54, 1.807) is 0 Å². The molecule has 1 nitrogen and oxygen atoms in total. The van der Waals surface area contributed by atoms with E-state index in [1.165, 1.54) is 0 Å². The van der Waals surface area contributed by atoms with Gasteiger partial charge in [0.2, 0.25) is 0 Å². The monoisotopic (exact) mass is 308 g/mol. The lowest BCUT2D eigenvalue weighted by molar-refractivity contribution is -0.145. The van der Waals surface area contributed by atoms with Crippen LogP contribution in [0.1, 0.15) is 23.6 Å². The molecular weight excluding hydrogens is 300 g/mol. The molecule has 0 bridgehead atoms. The molecule has 0 heterocycles. The van der Waals surface area contributed by atoms with Crippen molar-refractivity contribution < 1.29 is 39.9 Å². The molecule has 0 atom stereocenters. The zero-order valence-corrected chi connectivity index (χ0v) is 9.87. The molecule has 1 aromatic rings. The summed E-state index contributed by atoms with van der Waals surface area (Å²) in [4.78, 5) is 0. The van der Waals surface area contributed by atoms with Crippen LogP contribution in [-0.2, 0) is 18.8 Å². The van der Waals surface area contributed by atoms with E-state index in [0.717, 1.165) is 6.92 Å². The second-order valence-corrected chi connectivity index (χ2v) is 3.72. The standard InChI is InChI=1S/C11H8F8O/c1-2-6-7(10(14,15)16)3-5(20-9(12)13)4-8(6)11(17,18)19/h3-4,9H,2H2,1H3. The first-order valence-electron chi connectivity index (χ1n) is 5.23. The Morgan fingerprint density at radius 2 is 1.35 bits per heavy atom. The highest BCUT2D eigenvalue weighted by atomic mass is 19.4. The topological polar surface area (TPSA) is 9.23 Å². The van der Waals surface area contributed by atoms with Crippen LogP contribution in [0.2, 0.25) is 0 Å². The first-order chi connectivity index (χ1) is 8.96. The number of halogens is 8. The Morgan fingerprint density at radius 1 is 0.950 bits per heavy atom. The molecule has 0 aromatic heterocycles. The highest BCUT2D eigenvalue weighted by Crippen LogP contribution is 2.42. The first-order valence-corrected chi connectivity index (χ1v) is 5.23. The van der Waals surface area contributed by atoms with Gasteiger partial charge in [-0.1, -0.05) is 6.92 Å². The number of alkyl halides is 8. The number of hydrogen-bond acceptors (Lipinski definition) is 1. The molecule has 9 heteroatoms. The largest absolute Gasteiger partial charge is 0.435 e. The summed E-state index contributed by atoms with van der Waals surface area (Å²) >= 11 is 0. The van der Waals surface area contributed by atoms with Gasteiger partial charge in [-0.3, -0.25) is 0 Å². The van der Waals surface area contributed by atoms with Gasteiger partial charge in [-0.2, -0.15) is 35.1 Å². The minimum atomic E-state index is -5.10. The lowest BCUT2D eigenvalue weighted by atomic mass is 9.97. The Bertz CT molecular complexity index is 439. The summed E-state index contributed by atoms with van der Waals surface area (Å²) in [7, 11) is 0. The van der Waals surface area contributed by atoms with Crippen LogP contribution in [-0.4, -0.2) is 6.61 Å². The average Bonchev–Trinajstić information content (AvgIpc) is 2.24. The van der Waals surface area contributed by atoms with Gasteiger partial charge in [-0.05, 0) is 24.1 Å². The fraction of sp³-hybridized carbons (Fsp3) is 0.455. The fourth-order valence-corrected chi connectivity index (χ4v) is 1.70. The number of benzene rings is 1. The van der Waals surface area contributed by atoms with Crippen LogP contribution in [0.5, 0.6) is 5.75 Å². The van der Waals surface area contributed by atoms with Gasteiger partial charge in [0.05, 0.1) is 11.1 Å². The molecule has 0 amide bonds. The third-order valence-corrected chi connectivity index (χ3v) is 2.41. The molecule has 0 aliphatic heterocycles. The maximum Gasteiger partial charge on any atom is 0.416 e. The molecule has 0 aliphatic rings. The van der Waals surface area contributed by atoms with Crippen molar-refractivity contribution in [3.05, 3.63) is 28.8 Å². The van der Waals surface area contributed by atoms with Gasteiger partial charge in [0.1, 0.15) is 5.75 Å². The van der Waals surface area contributed by atoms with Gasteiger partial charge in [-0.15, -0.1) is 0 Å². The van der Waals surface area contributed by atoms with E-state index in [2.05, 4.69) is 4.74 Å². The number of ether oxygens (including phenoxy) is 1. The Labute approximate surface area is 108 Å². The molecule has 0 saturated carbocycles. The molecular formula is C11H8F8O. The van der Waals surface area contributed by atoms with Gasteiger partial charge in [0.25, 0.3) is 0 Å². The molecule has 0 fully saturated rings. The van der Waals surface area contributed by atoms with Crippen LogP contribution in [0.25, 0.3) is 0 Å². The molecule has 0 spiro atoms. The Hall–Kier alpha value is -1.54. The zero-order chi connectivity index (χ0) is 15.7. The van der Waals surface area contributed by atoms with Crippen molar-refractivity contribution in [3.8, 4) is 5.75 Å². The fourth-order valence-electron chi connectivity index (χ4n) is 1.70. The van der Waals surface area contributed by atoms with Gasteiger partial charge in [0.15, 0.2) is 0 Å². The minimum Gasteiger partial charge on any atom is -0.435 e. The van der Waals surface area contributed by atoms with Crippen LogP contribution in [0.4, 0.5) is 35.1 Å². The number of hydrogen-bond donors (Lipinski definition) is 0. The van der Waals surface area contributed by atoms with Crippen molar-refractivity contribution in [1.29, 1.82) is 0 Å². The van der Waals surface area contributed by atoms with E-state index in [4.69, 9.17) is 0 Å². The van der Waals surface area contributed by atoms with E-state index >= 15 is 0 Å². The van der Waals surface area contributed by atoms with Crippen LogP contribution in [0.3, 0.4) is 0 Å². The van der Waals surface area contributed by atoms with Gasteiger partial charge in [-0.25, -0.2) is 0 Å². The molecule has 1 rings (SSSR count). The van der Waals surface area contributed by atoms with Gasteiger partial charge < -0.3 is 4.74 Å². The second-order valence-electron chi connectivity index (χ2n) is 3.72. The summed E-state index contributed by atoms with van der Waals surface area (Å²) < 4.78 is 104. The van der Waals surface area contributed by atoms with E-state index < -0.39 is 47.8 Å². The molecule has 0 unspecified atom stereocenters. The Kier molecular flexibility index (Phi) is 4.50. The summed E-state index contributed by atoms with van der Waals surface area (Å²) in [6.45, 7) is -2.42. The minimum absolute atomic E-state index is 0.139. The van der Waals surface area contributed by atoms with Crippen molar-refractivity contribution in [3.63, 3.8) is 0 Å². The second kappa shape index (κ2) is 5.45. The van der Waals surface area contributed by atoms with E-state index in [1.807, 2.05) is 0 Å². The summed E-state index contributed by atoms with van der Waals surface area (Å²) in [6.07, 6.45) is -10.8. The van der Waals surface area contributed by atoms with Crippen molar-refractivity contribution in [2.75, 3.05) is 0 Å². The summed E-state index contributed by atoms with van der Waals surface area (Å²) in [5.74, 6) is -1.18. The highest BCUT2D eigenvalue weighted by molar-refractivity contribution is 5.45. The van der Waals surface area contributed by atoms with Crippen LogP contribution in [0, 0.1) is 0 Å². The maximum absolute atomic E-state index is 12.7. The quantitative estimate of drug-likeness (QED) is 0.723. The van der Waals surface area contributed by atoms with E-state index in [9.17, 15) is 35.1 Å². The molecule has 0 N–H and O–H groups in total. The normalized spacial score (nSPS) is 12.9. The van der Waals surface area contributed by atoms with Crippen LogP contribution >= 0.6 is 0 Å². The van der Waals surface area contributed by atoms with Crippen molar-refractivity contribution >= 4 is 0 Å². The lowest BCUT2D eigenvalue weighted by Crippen LogP contribution is -2.17. The van der Waals surface area contributed by atoms with Crippen molar-refractivity contribution in [2.24, 2.45) is 0 Å². The maximum atomic E-state index is 12.7. The third kappa shape index (κ3) is 3.73. The highest BCUT2D eigenvalue weighted by Gasteiger charge is 2.41. The number of rotatable bonds is 3. The Balaban J connectivity index is 3.56.